The Morgan fingerprint density at radius 2 is 2.21 bits per heavy atom. The second-order valence-electron chi connectivity index (χ2n) is 5.85. The Hall–Kier alpha value is -2.96. The lowest BCUT2D eigenvalue weighted by Crippen LogP contribution is -2.24. The highest BCUT2D eigenvalue weighted by atomic mass is 16.1. The first-order chi connectivity index (χ1) is 11.7. The van der Waals surface area contributed by atoms with Crippen molar-refractivity contribution in [1.82, 2.24) is 24.8 Å². The van der Waals surface area contributed by atoms with E-state index < -0.39 is 0 Å². The standard InChI is InChI=1S/C17H18N6O/c1-2-11-8-19-17(21-12-7-15(24)18-9-12)22-16(11)23-10-20-13-5-3-4-6-14(13)23/h3-6,8,10,12H,2,7,9H2,1H3,(H,18,24)(H,19,21,22). The van der Waals surface area contributed by atoms with E-state index in [0.717, 1.165) is 28.8 Å². The van der Waals surface area contributed by atoms with Gasteiger partial charge >= 0.3 is 0 Å². The molecule has 2 N–H and O–H groups in total. The van der Waals surface area contributed by atoms with Gasteiger partial charge in [0.05, 0.1) is 17.1 Å². The molecule has 1 aliphatic heterocycles. The first-order valence-corrected chi connectivity index (χ1v) is 8.06. The summed E-state index contributed by atoms with van der Waals surface area (Å²) in [6.07, 6.45) is 4.90. The molecule has 3 heterocycles. The number of aromatic nitrogens is 4. The second-order valence-corrected chi connectivity index (χ2v) is 5.85. The number of anilines is 1. The van der Waals surface area contributed by atoms with Crippen LogP contribution in [0, 0.1) is 0 Å². The Kier molecular flexibility index (Phi) is 3.60. The van der Waals surface area contributed by atoms with Gasteiger partial charge in [-0.3, -0.25) is 9.36 Å². The van der Waals surface area contributed by atoms with Gasteiger partial charge < -0.3 is 10.6 Å². The van der Waals surface area contributed by atoms with Gasteiger partial charge in [0.25, 0.3) is 0 Å². The van der Waals surface area contributed by atoms with E-state index in [-0.39, 0.29) is 11.9 Å². The van der Waals surface area contributed by atoms with Gasteiger partial charge in [0.2, 0.25) is 11.9 Å². The Morgan fingerprint density at radius 3 is 3.00 bits per heavy atom. The maximum absolute atomic E-state index is 11.3. The summed E-state index contributed by atoms with van der Waals surface area (Å²) in [5, 5.41) is 6.04. The predicted octanol–water partition coefficient (Wildman–Crippen LogP) is 1.68. The Labute approximate surface area is 139 Å². The Balaban J connectivity index is 1.73. The quantitative estimate of drug-likeness (QED) is 0.763. The third kappa shape index (κ3) is 2.58. The number of aryl methyl sites for hydroxylation is 1. The number of hydrogen-bond donors (Lipinski definition) is 2. The van der Waals surface area contributed by atoms with Crippen molar-refractivity contribution >= 4 is 22.9 Å². The number of nitrogens with zero attached hydrogens (tertiary/aromatic N) is 4. The number of amides is 1. The maximum atomic E-state index is 11.3. The predicted molar refractivity (Wildman–Crippen MR) is 91.1 cm³/mol. The molecule has 4 rings (SSSR count). The Bertz CT molecular complexity index is 903. The van der Waals surface area contributed by atoms with Crippen LogP contribution in [0.5, 0.6) is 0 Å². The first kappa shape index (κ1) is 14.6. The summed E-state index contributed by atoms with van der Waals surface area (Å²) < 4.78 is 1.99. The number of hydrogen-bond acceptors (Lipinski definition) is 5. The van der Waals surface area contributed by atoms with Crippen LogP contribution in [0.1, 0.15) is 18.9 Å². The highest BCUT2D eigenvalue weighted by Gasteiger charge is 2.22. The summed E-state index contributed by atoms with van der Waals surface area (Å²) >= 11 is 0. The maximum Gasteiger partial charge on any atom is 0.224 e. The van der Waals surface area contributed by atoms with E-state index in [0.29, 0.717) is 18.9 Å². The van der Waals surface area contributed by atoms with Crippen LogP contribution in [-0.2, 0) is 11.2 Å². The third-order valence-electron chi connectivity index (χ3n) is 4.21. The van der Waals surface area contributed by atoms with Crippen LogP contribution in [0.15, 0.2) is 36.8 Å². The number of imidazole rings is 1. The second kappa shape index (κ2) is 5.92. The van der Waals surface area contributed by atoms with Crippen LogP contribution in [-0.4, -0.2) is 38.0 Å². The van der Waals surface area contributed by atoms with Gasteiger partial charge in [0.15, 0.2) is 0 Å². The summed E-state index contributed by atoms with van der Waals surface area (Å²) in [7, 11) is 0. The molecule has 0 spiro atoms. The molecule has 1 aromatic carbocycles. The van der Waals surface area contributed by atoms with Gasteiger partial charge in [-0.1, -0.05) is 19.1 Å². The van der Waals surface area contributed by atoms with Crippen molar-refractivity contribution in [3.8, 4) is 5.82 Å². The third-order valence-corrected chi connectivity index (χ3v) is 4.21. The van der Waals surface area contributed by atoms with Gasteiger partial charge in [0, 0.05) is 24.7 Å². The van der Waals surface area contributed by atoms with Crippen molar-refractivity contribution < 1.29 is 4.79 Å². The number of carbonyl (C=O) groups is 1. The lowest BCUT2D eigenvalue weighted by atomic mass is 10.2. The van der Waals surface area contributed by atoms with Crippen LogP contribution < -0.4 is 10.6 Å². The molecule has 0 bridgehead atoms. The van der Waals surface area contributed by atoms with E-state index in [1.807, 2.05) is 35.0 Å². The number of rotatable bonds is 4. The lowest BCUT2D eigenvalue weighted by molar-refractivity contribution is -0.119. The molecule has 3 aromatic rings. The minimum atomic E-state index is 0.0253. The fourth-order valence-corrected chi connectivity index (χ4v) is 2.94. The summed E-state index contributed by atoms with van der Waals surface area (Å²) in [5.41, 5.74) is 2.98. The van der Waals surface area contributed by atoms with E-state index in [1.54, 1.807) is 6.33 Å². The Morgan fingerprint density at radius 1 is 1.33 bits per heavy atom. The topological polar surface area (TPSA) is 84.7 Å². The molecule has 7 nitrogen and oxygen atoms in total. The fraction of sp³-hybridized carbons (Fsp3) is 0.294. The molecule has 1 unspecified atom stereocenters. The molecule has 1 fully saturated rings. The number of carbonyl (C=O) groups excluding carboxylic acids is 1. The van der Waals surface area contributed by atoms with E-state index in [4.69, 9.17) is 0 Å². The molecule has 1 amide bonds. The molecule has 24 heavy (non-hydrogen) atoms. The average Bonchev–Trinajstić information content (AvgIpc) is 3.21. The van der Waals surface area contributed by atoms with Crippen molar-refractivity contribution in [1.29, 1.82) is 0 Å². The number of para-hydroxylation sites is 2. The smallest absolute Gasteiger partial charge is 0.224 e. The molecule has 0 aliphatic carbocycles. The molecule has 1 aliphatic rings. The molecule has 0 radical (unpaired) electrons. The molecular formula is C17H18N6O. The van der Waals surface area contributed by atoms with Crippen molar-refractivity contribution in [3.05, 3.63) is 42.4 Å². The van der Waals surface area contributed by atoms with Crippen molar-refractivity contribution in [2.75, 3.05) is 11.9 Å². The summed E-state index contributed by atoms with van der Waals surface area (Å²) in [5.74, 6) is 1.40. The largest absolute Gasteiger partial charge is 0.354 e. The van der Waals surface area contributed by atoms with Crippen molar-refractivity contribution in [3.63, 3.8) is 0 Å². The van der Waals surface area contributed by atoms with Gasteiger partial charge in [-0.2, -0.15) is 4.98 Å². The SMILES string of the molecule is CCc1cnc(NC2CNC(=O)C2)nc1-n1cnc2ccccc21. The highest BCUT2D eigenvalue weighted by molar-refractivity contribution is 5.79. The minimum absolute atomic E-state index is 0.0253. The van der Waals surface area contributed by atoms with E-state index in [1.165, 1.54) is 0 Å². The summed E-state index contributed by atoms with van der Waals surface area (Å²) in [6, 6.07) is 7.99. The van der Waals surface area contributed by atoms with E-state index >= 15 is 0 Å². The van der Waals surface area contributed by atoms with Crippen LogP contribution in [0.25, 0.3) is 16.9 Å². The first-order valence-electron chi connectivity index (χ1n) is 8.06. The van der Waals surface area contributed by atoms with Gasteiger partial charge in [-0.15, -0.1) is 0 Å². The molecule has 1 saturated heterocycles. The zero-order valence-electron chi connectivity index (χ0n) is 13.4. The highest BCUT2D eigenvalue weighted by Crippen LogP contribution is 2.21. The van der Waals surface area contributed by atoms with Gasteiger partial charge in [-0.25, -0.2) is 9.97 Å². The number of fused-ring (bicyclic) bond motifs is 1. The van der Waals surface area contributed by atoms with E-state index in [2.05, 4.69) is 32.5 Å². The molecule has 1 atom stereocenters. The number of benzene rings is 1. The van der Waals surface area contributed by atoms with Crippen molar-refractivity contribution in [2.45, 2.75) is 25.8 Å². The van der Waals surface area contributed by atoms with E-state index in [9.17, 15) is 4.79 Å². The fourth-order valence-electron chi connectivity index (χ4n) is 2.94. The average molecular weight is 322 g/mol. The summed E-state index contributed by atoms with van der Waals surface area (Å²) in [4.78, 5) is 24.9. The monoisotopic (exact) mass is 322 g/mol. The molecule has 2 aromatic heterocycles. The molecular weight excluding hydrogens is 304 g/mol. The zero-order valence-corrected chi connectivity index (χ0v) is 13.4. The summed E-state index contributed by atoms with van der Waals surface area (Å²) in [6.45, 7) is 2.68. The molecule has 7 heteroatoms. The van der Waals surface area contributed by atoms with Crippen LogP contribution >= 0.6 is 0 Å². The minimum Gasteiger partial charge on any atom is -0.354 e. The zero-order chi connectivity index (χ0) is 16.5. The lowest BCUT2D eigenvalue weighted by Gasteiger charge is -2.14. The van der Waals surface area contributed by atoms with Crippen LogP contribution in [0.4, 0.5) is 5.95 Å². The van der Waals surface area contributed by atoms with Crippen LogP contribution in [0.2, 0.25) is 0 Å². The molecule has 0 saturated carbocycles. The number of nitrogens with one attached hydrogen (secondary N) is 2. The van der Waals surface area contributed by atoms with Gasteiger partial charge in [-0.05, 0) is 18.6 Å². The van der Waals surface area contributed by atoms with Gasteiger partial charge in [0.1, 0.15) is 12.1 Å². The van der Waals surface area contributed by atoms with Crippen LogP contribution in [0.3, 0.4) is 0 Å². The van der Waals surface area contributed by atoms with Crippen molar-refractivity contribution in [2.24, 2.45) is 0 Å². The normalized spacial score (nSPS) is 17.2. The molecule has 122 valence electrons.